The number of benzene rings is 1. The van der Waals surface area contributed by atoms with Crippen LogP contribution in [-0.2, 0) is 11.3 Å². The molecule has 4 rings (SSSR count). The molecule has 3 aromatic heterocycles. The van der Waals surface area contributed by atoms with E-state index in [0.29, 0.717) is 36.1 Å². The minimum absolute atomic E-state index is 0.252. The van der Waals surface area contributed by atoms with E-state index in [9.17, 15) is 4.79 Å². The lowest BCUT2D eigenvalue weighted by Crippen LogP contribution is -2.23. The van der Waals surface area contributed by atoms with Gasteiger partial charge in [-0.3, -0.25) is 4.79 Å². The van der Waals surface area contributed by atoms with Crippen LogP contribution < -0.4 is 10.1 Å². The second kappa shape index (κ2) is 9.93. The number of amides is 1. The monoisotopic (exact) mass is 432 g/mol. The number of carbonyl (C=O) groups excluding carboxylic acids is 1. The number of hydrogen-bond acceptors (Lipinski definition) is 6. The number of pyridine rings is 1. The Labute approximate surface area is 185 Å². The van der Waals surface area contributed by atoms with Crippen molar-refractivity contribution in [1.82, 2.24) is 20.1 Å². The summed E-state index contributed by atoms with van der Waals surface area (Å²) in [5, 5.41) is 7.56. The Kier molecular flexibility index (Phi) is 6.62. The summed E-state index contributed by atoms with van der Waals surface area (Å²) in [6.07, 6.45) is 3.35. The number of carbonyl (C=O) groups is 1. The summed E-state index contributed by atoms with van der Waals surface area (Å²) in [4.78, 5) is 17.4. The van der Waals surface area contributed by atoms with Crippen LogP contribution in [0.25, 0.3) is 17.1 Å². The largest absolute Gasteiger partial charge is 0.475 e. The lowest BCUT2D eigenvalue weighted by Gasteiger charge is -2.10. The van der Waals surface area contributed by atoms with E-state index < -0.39 is 0 Å². The van der Waals surface area contributed by atoms with E-state index >= 15 is 0 Å². The number of ether oxygens (including phenoxy) is 2. The van der Waals surface area contributed by atoms with Crippen LogP contribution in [0.2, 0.25) is 0 Å². The number of rotatable bonds is 9. The molecule has 0 saturated heterocycles. The molecule has 0 spiro atoms. The summed E-state index contributed by atoms with van der Waals surface area (Å²) < 4.78 is 18.1. The zero-order chi connectivity index (χ0) is 22.3. The predicted molar refractivity (Wildman–Crippen MR) is 119 cm³/mol. The maximum absolute atomic E-state index is 13.1. The average Bonchev–Trinajstić information content (AvgIpc) is 3.45. The molecule has 1 amide bonds. The summed E-state index contributed by atoms with van der Waals surface area (Å²) in [5.74, 6) is 1.47. The third kappa shape index (κ3) is 4.87. The van der Waals surface area contributed by atoms with Crippen LogP contribution in [0.4, 0.5) is 0 Å². The van der Waals surface area contributed by atoms with Gasteiger partial charge in [-0.2, -0.15) is 5.10 Å². The van der Waals surface area contributed by atoms with Gasteiger partial charge in [0, 0.05) is 31.6 Å². The number of nitrogens with one attached hydrogen (secondary N) is 1. The van der Waals surface area contributed by atoms with E-state index in [0.717, 1.165) is 17.0 Å². The highest BCUT2D eigenvalue weighted by Crippen LogP contribution is 2.26. The summed E-state index contributed by atoms with van der Waals surface area (Å²) in [6.45, 7) is 2.93. The zero-order valence-corrected chi connectivity index (χ0v) is 17.9. The van der Waals surface area contributed by atoms with Gasteiger partial charge in [-0.25, -0.2) is 9.67 Å². The van der Waals surface area contributed by atoms with E-state index in [1.165, 1.54) is 0 Å². The van der Waals surface area contributed by atoms with Crippen LogP contribution >= 0.6 is 0 Å². The van der Waals surface area contributed by atoms with Crippen molar-refractivity contribution in [3.8, 4) is 23.0 Å². The predicted octanol–water partition coefficient (Wildman–Crippen LogP) is 3.79. The molecule has 0 unspecified atom stereocenters. The molecule has 1 N–H and O–H groups in total. The van der Waals surface area contributed by atoms with Gasteiger partial charge in [-0.1, -0.05) is 24.3 Å². The molecule has 0 saturated carbocycles. The van der Waals surface area contributed by atoms with Crippen molar-refractivity contribution in [3.63, 3.8) is 0 Å². The van der Waals surface area contributed by atoms with Crippen molar-refractivity contribution < 1.29 is 18.7 Å². The van der Waals surface area contributed by atoms with Crippen LogP contribution in [0.1, 0.15) is 21.7 Å². The van der Waals surface area contributed by atoms with E-state index in [1.54, 1.807) is 30.3 Å². The van der Waals surface area contributed by atoms with Crippen LogP contribution in [0.5, 0.6) is 5.88 Å². The summed E-state index contributed by atoms with van der Waals surface area (Å²) in [6, 6.07) is 16.9. The Balaban J connectivity index is 1.58. The average molecular weight is 432 g/mol. The van der Waals surface area contributed by atoms with Gasteiger partial charge in [0.25, 0.3) is 5.91 Å². The summed E-state index contributed by atoms with van der Waals surface area (Å²) in [5.41, 5.74) is 2.50. The van der Waals surface area contributed by atoms with E-state index in [4.69, 9.17) is 13.9 Å². The fraction of sp³-hybridized carbons (Fsp3) is 0.208. The molecule has 1 aromatic carbocycles. The first-order valence-corrected chi connectivity index (χ1v) is 10.2. The van der Waals surface area contributed by atoms with Gasteiger partial charge in [0.15, 0.2) is 5.76 Å². The minimum atomic E-state index is -0.275. The molecule has 0 atom stereocenters. The SMILES string of the molecule is COCCOc1ncccc1CNC(=O)c1cn(-c2ccccc2)nc1-c1ccc(C)o1. The van der Waals surface area contributed by atoms with Gasteiger partial charge in [0.05, 0.1) is 17.9 Å². The molecule has 0 fully saturated rings. The Hall–Kier alpha value is -3.91. The first-order valence-electron chi connectivity index (χ1n) is 10.2. The molecule has 32 heavy (non-hydrogen) atoms. The fourth-order valence-corrected chi connectivity index (χ4v) is 3.18. The van der Waals surface area contributed by atoms with Crippen molar-refractivity contribution in [2.75, 3.05) is 20.3 Å². The topological polar surface area (TPSA) is 91.4 Å². The van der Waals surface area contributed by atoms with Gasteiger partial charge in [0.1, 0.15) is 18.1 Å². The van der Waals surface area contributed by atoms with Crippen molar-refractivity contribution in [3.05, 3.63) is 83.9 Å². The molecule has 8 heteroatoms. The fourth-order valence-electron chi connectivity index (χ4n) is 3.18. The smallest absolute Gasteiger partial charge is 0.255 e. The number of aryl methyl sites for hydroxylation is 1. The Morgan fingerprint density at radius 1 is 1.09 bits per heavy atom. The van der Waals surface area contributed by atoms with Crippen molar-refractivity contribution in [2.24, 2.45) is 0 Å². The number of aromatic nitrogens is 3. The second-order valence-electron chi connectivity index (χ2n) is 7.07. The number of hydrogen-bond donors (Lipinski definition) is 1. The normalized spacial score (nSPS) is 10.8. The van der Waals surface area contributed by atoms with E-state index in [1.807, 2.05) is 55.5 Å². The standard InChI is InChI=1S/C24H24N4O4/c1-17-10-11-21(32-17)22-20(16-28(27-22)19-8-4-3-5-9-19)23(29)26-15-18-7-6-12-25-24(18)31-14-13-30-2/h3-12,16H,13-15H2,1-2H3,(H,26,29). The summed E-state index contributed by atoms with van der Waals surface area (Å²) >= 11 is 0. The number of nitrogens with zero attached hydrogens (tertiary/aromatic N) is 3. The van der Waals surface area contributed by atoms with Crippen LogP contribution in [-0.4, -0.2) is 41.0 Å². The molecule has 3 heterocycles. The summed E-state index contributed by atoms with van der Waals surface area (Å²) in [7, 11) is 1.61. The van der Waals surface area contributed by atoms with Crippen LogP contribution in [0.3, 0.4) is 0 Å². The van der Waals surface area contributed by atoms with Gasteiger partial charge in [0.2, 0.25) is 5.88 Å². The minimum Gasteiger partial charge on any atom is -0.475 e. The second-order valence-corrected chi connectivity index (χ2v) is 7.07. The molecule has 164 valence electrons. The zero-order valence-electron chi connectivity index (χ0n) is 17.9. The number of para-hydroxylation sites is 1. The third-order valence-electron chi connectivity index (χ3n) is 4.77. The molecule has 0 bridgehead atoms. The molecule has 0 aliphatic heterocycles. The number of methoxy groups -OCH3 is 1. The first kappa shape index (κ1) is 21.3. The van der Waals surface area contributed by atoms with Crippen LogP contribution in [0.15, 0.2) is 71.4 Å². The molecular formula is C24H24N4O4. The maximum atomic E-state index is 13.1. The van der Waals surface area contributed by atoms with Crippen molar-refractivity contribution in [1.29, 1.82) is 0 Å². The van der Waals surface area contributed by atoms with Gasteiger partial charge in [-0.15, -0.1) is 0 Å². The molecule has 0 aliphatic rings. The van der Waals surface area contributed by atoms with Gasteiger partial charge < -0.3 is 19.2 Å². The highest BCUT2D eigenvalue weighted by atomic mass is 16.5. The molecule has 0 aliphatic carbocycles. The lowest BCUT2D eigenvalue weighted by molar-refractivity contribution is 0.0950. The van der Waals surface area contributed by atoms with Gasteiger partial charge >= 0.3 is 0 Å². The highest BCUT2D eigenvalue weighted by Gasteiger charge is 2.21. The van der Waals surface area contributed by atoms with E-state index in [-0.39, 0.29) is 12.5 Å². The quantitative estimate of drug-likeness (QED) is 0.405. The van der Waals surface area contributed by atoms with Crippen LogP contribution in [0, 0.1) is 6.92 Å². The maximum Gasteiger partial charge on any atom is 0.255 e. The molecule has 0 radical (unpaired) electrons. The van der Waals surface area contributed by atoms with Crippen molar-refractivity contribution in [2.45, 2.75) is 13.5 Å². The Bertz CT molecular complexity index is 1180. The van der Waals surface area contributed by atoms with Gasteiger partial charge in [-0.05, 0) is 37.3 Å². The van der Waals surface area contributed by atoms with Crippen molar-refractivity contribution >= 4 is 5.91 Å². The Morgan fingerprint density at radius 3 is 2.69 bits per heavy atom. The van der Waals surface area contributed by atoms with E-state index in [2.05, 4.69) is 15.4 Å². The lowest BCUT2D eigenvalue weighted by atomic mass is 10.2. The highest BCUT2D eigenvalue weighted by molar-refractivity contribution is 5.99. The third-order valence-corrected chi connectivity index (χ3v) is 4.77. The number of furan rings is 1. The molecular weight excluding hydrogens is 408 g/mol. The first-order chi connectivity index (χ1) is 15.7. The molecule has 8 nitrogen and oxygen atoms in total. The molecule has 4 aromatic rings. The Morgan fingerprint density at radius 2 is 1.94 bits per heavy atom.